The maximum absolute atomic E-state index is 5.63. The highest BCUT2D eigenvalue weighted by atomic mass is 32.2. The van der Waals surface area contributed by atoms with E-state index in [-0.39, 0.29) is 0 Å². The van der Waals surface area contributed by atoms with Gasteiger partial charge in [0.15, 0.2) is 0 Å². The molecule has 7 heteroatoms. The molecule has 0 unspecified atom stereocenters. The minimum absolute atomic E-state index is 0.530. The van der Waals surface area contributed by atoms with Crippen molar-refractivity contribution >= 4 is 11.8 Å². The second-order valence-electron chi connectivity index (χ2n) is 4.21. The number of ether oxygens (including phenoxy) is 1. The van der Waals surface area contributed by atoms with Crippen LogP contribution in [0.4, 0.5) is 0 Å². The van der Waals surface area contributed by atoms with Gasteiger partial charge in [-0.05, 0) is 34.7 Å². The van der Waals surface area contributed by atoms with Crippen LogP contribution in [0, 0.1) is 0 Å². The largest absolute Gasteiger partial charge is 0.493 e. The molecule has 2 aromatic heterocycles. The number of benzene rings is 1. The Morgan fingerprint density at radius 2 is 2.05 bits per heavy atom. The Morgan fingerprint density at radius 1 is 1.14 bits per heavy atom. The van der Waals surface area contributed by atoms with Gasteiger partial charge in [0, 0.05) is 5.75 Å². The fraction of sp³-hybridized carbons (Fsp3) is 0.214. The third-order valence-corrected chi connectivity index (χ3v) is 3.63. The van der Waals surface area contributed by atoms with E-state index in [0.29, 0.717) is 13.2 Å². The van der Waals surface area contributed by atoms with Gasteiger partial charge >= 0.3 is 0 Å². The number of rotatable bonds is 7. The molecule has 0 atom stereocenters. The highest BCUT2D eigenvalue weighted by Gasteiger charge is 2.08. The van der Waals surface area contributed by atoms with E-state index in [4.69, 9.17) is 9.15 Å². The summed E-state index contributed by atoms with van der Waals surface area (Å²) in [7, 11) is 0. The summed E-state index contributed by atoms with van der Waals surface area (Å²) in [6, 6.07) is 13.5. The van der Waals surface area contributed by atoms with Gasteiger partial charge < -0.3 is 9.15 Å². The van der Waals surface area contributed by atoms with E-state index in [1.54, 1.807) is 22.7 Å². The minimum Gasteiger partial charge on any atom is -0.493 e. The zero-order valence-electron chi connectivity index (χ0n) is 11.3. The fourth-order valence-corrected chi connectivity index (χ4v) is 2.45. The summed E-state index contributed by atoms with van der Waals surface area (Å²) in [5.41, 5.74) is 0. The van der Waals surface area contributed by atoms with Crippen molar-refractivity contribution in [3.63, 3.8) is 0 Å². The van der Waals surface area contributed by atoms with Crippen LogP contribution < -0.4 is 4.74 Å². The van der Waals surface area contributed by atoms with Crippen LogP contribution in [-0.4, -0.2) is 32.6 Å². The number of aromatic nitrogens is 4. The van der Waals surface area contributed by atoms with Gasteiger partial charge in [-0.2, -0.15) is 0 Å². The molecule has 1 aromatic carbocycles. The highest BCUT2D eigenvalue weighted by molar-refractivity contribution is 7.99. The van der Waals surface area contributed by atoms with Crippen LogP contribution in [-0.2, 0) is 6.54 Å². The van der Waals surface area contributed by atoms with Gasteiger partial charge in [0.25, 0.3) is 0 Å². The van der Waals surface area contributed by atoms with Gasteiger partial charge in [0.1, 0.15) is 18.1 Å². The number of tetrazole rings is 1. The maximum atomic E-state index is 5.63. The molecular formula is C14H14N4O2S. The van der Waals surface area contributed by atoms with Crippen LogP contribution in [0.25, 0.3) is 0 Å². The molecular weight excluding hydrogens is 288 g/mol. The molecule has 0 radical (unpaired) electrons. The molecule has 0 aliphatic heterocycles. The van der Waals surface area contributed by atoms with Crippen LogP contribution in [0.15, 0.2) is 58.3 Å². The molecule has 0 saturated heterocycles. The summed E-state index contributed by atoms with van der Waals surface area (Å²) in [6.07, 6.45) is 1.64. The van der Waals surface area contributed by atoms with Crippen LogP contribution in [0.3, 0.4) is 0 Å². The first-order chi connectivity index (χ1) is 10.4. The first-order valence-corrected chi connectivity index (χ1v) is 7.49. The van der Waals surface area contributed by atoms with Gasteiger partial charge in [-0.15, -0.1) is 5.10 Å². The van der Waals surface area contributed by atoms with Crippen molar-refractivity contribution in [3.05, 3.63) is 54.5 Å². The van der Waals surface area contributed by atoms with Crippen molar-refractivity contribution in [3.8, 4) is 5.75 Å². The highest BCUT2D eigenvalue weighted by Crippen LogP contribution is 2.16. The molecule has 0 fully saturated rings. The van der Waals surface area contributed by atoms with Crippen LogP contribution in [0.2, 0.25) is 0 Å². The van der Waals surface area contributed by atoms with E-state index in [2.05, 4.69) is 15.5 Å². The number of para-hydroxylation sites is 1. The van der Waals surface area contributed by atoms with Crippen molar-refractivity contribution in [2.45, 2.75) is 11.7 Å². The molecule has 108 valence electrons. The molecule has 2 heterocycles. The molecule has 0 aliphatic carbocycles. The Labute approximate surface area is 126 Å². The normalized spacial score (nSPS) is 10.7. The van der Waals surface area contributed by atoms with E-state index in [1.165, 1.54) is 0 Å². The van der Waals surface area contributed by atoms with Crippen LogP contribution in [0.5, 0.6) is 5.75 Å². The Balaban J connectivity index is 1.48. The second-order valence-corrected chi connectivity index (χ2v) is 5.27. The van der Waals surface area contributed by atoms with Crippen molar-refractivity contribution in [2.24, 2.45) is 0 Å². The molecule has 21 heavy (non-hydrogen) atoms. The van der Waals surface area contributed by atoms with E-state index < -0.39 is 0 Å². The molecule has 0 spiro atoms. The number of furan rings is 1. The molecule has 0 aliphatic rings. The van der Waals surface area contributed by atoms with Gasteiger partial charge in [0.2, 0.25) is 5.16 Å². The topological polar surface area (TPSA) is 66.0 Å². The average Bonchev–Trinajstić information content (AvgIpc) is 3.18. The monoisotopic (exact) mass is 302 g/mol. The third-order valence-electron chi connectivity index (χ3n) is 2.71. The van der Waals surface area contributed by atoms with E-state index >= 15 is 0 Å². The summed E-state index contributed by atoms with van der Waals surface area (Å²) in [6.45, 7) is 1.13. The quantitative estimate of drug-likeness (QED) is 0.493. The first-order valence-electron chi connectivity index (χ1n) is 6.51. The Kier molecular flexibility index (Phi) is 4.52. The van der Waals surface area contributed by atoms with Crippen molar-refractivity contribution in [1.82, 2.24) is 20.2 Å². The fourth-order valence-electron chi connectivity index (χ4n) is 1.76. The Morgan fingerprint density at radius 3 is 2.86 bits per heavy atom. The van der Waals surface area contributed by atoms with Crippen molar-refractivity contribution in [1.29, 1.82) is 0 Å². The zero-order chi connectivity index (χ0) is 14.3. The minimum atomic E-state index is 0.530. The lowest BCUT2D eigenvalue weighted by molar-refractivity contribution is 0.343. The van der Waals surface area contributed by atoms with Gasteiger partial charge in [-0.25, -0.2) is 4.68 Å². The zero-order valence-corrected chi connectivity index (χ0v) is 12.1. The summed E-state index contributed by atoms with van der Waals surface area (Å²) in [5, 5.41) is 12.4. The van der Waals surface area contributed by atoms with Gasteiger partial charge in [-0.1, -0.05) is 30.0 Å². The van der Waals surface area contributed by atoms with Crippen molar-refractivity contribution in [2.75, 3.05) is 12.4 Å². The number of thioether (sulfide) groups is 1. The van der Waals surface area contributed by atoms with E-state index in [1.807, 2.05) is 42.5 Å². The lowest BCUT2D eigenvalue weighted by Crippen LogP contribution is -2.05. The van der Waals surface area contributed by atoms with Crippen molar-refractivity contribution < 1.29 is 9.15 Å². The molecule has 3 rings (SSSR count). The van der Waals surface area contributed by atoms with Gasteiger partial charge in [0.05, 0.1) is 12.9 Å². The summed E-state index contributed by atoms with van der Waals surface area (Å²) >= 11 is 1.55. The molecule has 3 aromatic rings. The number of hydrogen-bond donors (Lipinski definition) is 0. The van der Waals surface area contributed by atoms with Crippen LogP contribution >= 0.6 is 11.8 Å². The number of nitrogens with zero attached hydrogens (tertiary/aromatic N) is 4. The van der Waals surface area contributed by atoms with Crippen LogP contribution in [0.1, 0.15) is 5.76 Å². The lowest BCUT2D eigenvalue weighted by atomic mass is 10.3. The molecule has 0 saturated carbocycles. The Bertz CT molecular complexity index is 655. The summed E-state index contributed by atoms with van der Waals surface area (Å²) in [5.74, 6) is 2.46. The molecule has 0 amide bonds. The lowest BCUT2D eigenvalue weighted by Gasteiger charge is -2.05. The second kappa shape index (κ2) is 6.94. The maximum Gasteiger partial charge on any atom is 0.209 e. The summed E-state index contributed by atoms with van der Waals surface area (Å²) in [4.78, 5) is 0. The SMILES string of the molecule is c1ccc(OCCSc2nnnn2Cc2ccco2)cc1. The standard InChI is InChI=1S/C14H14N4O2S/c1-2-5-12(6-3-1)20-9-10-21-14-15-16-17-18(14)11-13-7-4-8-19-13/h1-8H,9-11H2. The molecule has 0 bridgehead atoms. The predicted molar refractivity (Wildman–Crippen MR) is 78.3 cm³/mol. The first kappa shape index (κ1) is 13.7. The smallest absolute Gasteiger partial charge is 0.209 e. The summed E-state index contributed by atoms with van der Waals surface area (Å²) < 4.78 is 12.6. The average molecular weight is 302 g/mol. The van der Waals surface area contributed by atoms with E-state index in [9.17, 15) is 0 Å². The predicted octanol–water partition coefficient (Wildman–Crippen LogP) is 2.49. The Hall–Kier alpha value is -2.28. The van der Waals surface area contributed by atoms with Gasteiger partial charge in [-0.3, -0.25) is 0 Å². The number of hydrogen-bond acceptors (Lipinski definition) is 6. The molecule has 6 nitrogen and oxygen atoms in total. The molecule has 0 N–H and O–H groups in total. The van der Waals surface area contributed by atoms with E-state index in [0.717, 1.165) is 22.4 Å². The third kappa shape index (κ3) is 3.85.